The molecule has 2 N–H and O–H groups in total. The molecule has 2 aromatic heterocycles. The Balaban J connectivity index is 1.98. The first-order valence-electron chi connectivity index (χ1n) is 5.22. The zero-order chi connectivity index (χ0) is 11.4. The molecule has 16 heavy (non-hydrogen) atoms. The molecule has 2 heterocycles. The van der Waals surface area contributed by atoms with Gasteiger partial charge in [0, 0.05) is 18.9 Å². The van der Waals surface area contributed by atoms with Crippen LogP contribution in [0.15, 0.2) is 30.9 Å². The number of H-pyrrole nitrogens is 1. The molecule has 5 heteroatoms. The quantitative estimate of drug-likeness (QED) is 0.809. The number of aromatic nitrogens is 3. The maximum atomic E-state index is 11.8. The Morgan fingerprint density at radius 3 is 3.19 bits per heavy atom. The molecule has 1 amide bonds. The third-order valence-electron chi connectivity index (χ3n) is 2.40. The van der Waals surface area contributed by atoms with Crippen LogP contribution in [0.5, 0.6) is 0 Å². The van der Waals surface area contributed by atoms with Crippen molar-refractivity contribution in [2.24, 2.45) is 0 Å². The molecule has 0 aliphatic carbocycles. The first-order valence-corrected chi connectivity index (χ1v) is 5.22. The Kier molecular flexibility index (Phi) is 3.05. The zero-order valence-electron chi connectivity index (χ0n) is 9.10. The van der Waals surface area contributed by atoms with E-state index < -0.39 is 0 Å². The van der Waals surface area contributed by atoms with Gasteiger partial charge in [-0.15, -0.1) is 0 Å². The first-order chi connectivity index (χ1) is 7.81. The van der Waals surface area contributed by atoms with E-state index in [2.05, 4.69) is 15.3 Å². The van der Waals surface area contributed by atoms with Crippen LogP contribution < -0.4 is 5.32 Å². The Morgan fingerprint density at radius 1 is 1.62 bits per heavy atom. The number of imidazole rings is 1. The molecule has 84 valence electrons. The highest BCUT2D eigenvalue weighted by molar-refractivity contribution is 5.92. The second-order valence-electron chi connectivity index (χ2n) is 3.44. The van der Waals surface area contributed by atoms with E-state index >= 15 is 0 Å². The largest absolute Gasteiger partial charge is 0.347 e. The lowest BCUT2D eigenvalue weighted by Crippen LogP contribution is -2.25. The lowest BCUT2D eigenvalue weighted by Gasteiger charge is -2.06. The van der Waals surface area contributed by atoms with Gasteiger partial charge in [0.15, 0.2) is 0 Å². The average molecular weight is 218 g/mol. The minimum absolute atomic E-state index is 0.0681. The molecule has 0 fully saturated rings. The fourth-order valence-corrected chi connectivity index (χ4v) is 1.54. The number of nitrogens with one attached hydrogen (secondary N) is 2. The normalized spacial score (nSPS) is 10.3. The van der Waals surface area contributed by atoms with E-state index in [0.717, 1.165) is 12.2 Å². The molecule has 0 aliphatic rings. The lowest BCUT2D eigenvalue weighted by atomic mass is 10.3. The fourth-order valence-electron chi connectivity index (χ4n) is 1.54. The van der Waals surface area contributed by atoms with Crippen molar-refractivity contribution in [3.8, 4) is 0 Å². The van der Waals surface area contributed by atoms with Crippen LogP contribution in [0, 0.1) is 0 Å². The van der Waals surface area contributed by atoms with Crippen LogP contribution in [0.25, 0.3) is 0 Å². The summed E-state index contributed by atoms with van der Waals surface area (Å²) < 4.78 is 1.91. The smallest absolute Gasteiger partial charge is 0.268 e. The highest BCUT2D eigenvalue weighted by atomic mass is 16.1. The van der Waals surface area contributed by atoms with E-state index in [-0.39, 0.29) is 5.91 Å². The van der Waals surface area contributed by atoms with Gasteiger partial charge in [-0.2, -0.15) is 0 Å². The highest BCUT2D eigenvalue weighted by Crippen LogP contribution is 2.02. The van der Waals surface area contributed by atoms with Crippen molar-refractivity contribution in [2.75, 3.05) is 0 Å². The van der Waals surface area contributed by atoms with E-state index in [4.69, 9.17) is 0 Å². The number of amides is 1. The summed E-state index contributed by atoms with van der Waals surface area (Å²) in [6.07, 6.45) is 5.18. The number of nitrogens with zero attached hydrogens (tertiary/aromatic N) is 2. The maximum absolute atomic E-state index is 11.8. The van der Waals surface area contributed by atoms with E-state index in [1.54, 1.807) is 12.5 Å². The van der Waals surface area contributed by atoms with Crippen LogP contribution in [-0.4, -0.2) is 20.4 Å². The molecule has 0 saturated carbocycles. The third kappa shape index (κ3) is 2.13. The highest BCUT2D eigenvalue weighted by Gasteiger charge is 2.09. The van der Waals surface area contributed by atoms with Gasteiger partial charge in [0.05, 0.1) is 18.6 Å². The third-order valence-corrected chi connectivity index (χ3v) is 2.40. The minimum Gasteiger partial charge on any atom is -0.347 e. The van der Waals surface area contributed by atoms with Crippen LogP contribution in [0.2, 0.25) is 0 Å². The maximum Gasteiger partial charge on any atom is 0.268 e. The van der Waals surface area contributed by atoms with Gasteiger partial charge >= 0.3 is 0 Å². The number of hydrogen-bond acceptors (Lipinski definition) is 2. The molecule has 0 radical (unpaired) electrons. The van der Waals surface area contributed by atoms with Gasteiger partial charge in [0.25, 0.3) is 5.91 Å². The number of aryl methyl sites for hydroxylation is 1. The van der Waals surface area contributed by atoms with Gasteiger partial charge in [-0.25, -0.2) is 4.98 Å². The average Bonchev–Trinajstić information content (AvgIpc) is 2.96. The monoisotopic (exact) mass is 218 g/mol. The van der Waals surface area contributed by atoms with Crippen molar-refractivity contribution in [3.05, 3.63) is 42.2 Å². The van der Waals surface area contributed by atoms with E-state index in [1.807, 2.05) is 29.8 Å². The summed E-state index contributed by atoms with van der Waals surface area (Å²) in [5, 5.41) is 2.83. The van der Waals surface area contributed by atoms with Gasteiger partial charge in [0.2, 0.25) is 0 Å². The van der Waals surface area contributed by atoms with Gasteiger partial charge < -0.3 is 14.9 Å². The molecule has 0 saturated heterocycles. The summed E-state index contributed by atoms with van der Waals surface area (Å²) in [6.45, 7) is 3.26. The van der Waals surface area contributed by atoms with Crippen LogP contribution >= 0.6 is 0 Å². The van der Waals surface area contributed by atoms with Crippen molar-refractivity contribution < 1.29 is 4.79 Å². The van der Waals surface area contributed by atoms with Crippen molar-refractivity contribution in [1.29, 1.82) is 0 Å². The lowest BCUT2D eigenvalue weighted by molar-refractivity contribution is 0.0941. The molecule has 0 bridgehead atoms. The van der Waals surface area contributed by atoms with Gasteiger partial charge in [-0.3, -0.25) is 4.79 Å². The van der Waals surface area contributed by atoms with Gasteiger partial charge in [0.1, 0.15) is 5.69 Å². The Hall–Kier alpha value is -2.04. The number of carbonyl (C=O) groups is 1. The van der Waals surface area contributed by atoms with Crippen molar-refractivity contribution in [1.82, 2.24) is 19.9 Å². The molecule has 0 aliphatic heterocycles. The summed E-state index contributed by atoms with van der Waals surface area (Å²) in [5.74, 6) is -0.0681. The van der Waals surface area contributed by atoms with Crippen LogP contribution in [-0.2, 0) is 13.1 Å². The SMILES string of the molecule is CCn1cccc1C(=O)NCc1cnc[nH]1. The predicted octanol–water partition coefficient (Wildman–Crippen LogP) is 1.16. The molecular weight excluding hydrogens is 204 g/mol. The molecule has 5 nitrogen and oxygen atoms in total. The summed E-state index contributed by atoms with van der Waals surface area (Å²) in [4.78, 5) is 18.6. The molecular formula is C11H14N4O. The van der Waals surface area contributed by atoms with Crippen LogP contribution in [0.1, 0.15) is 23.1 Å². The second kappa shape index (κ2) is 4.65. The van der Waals surface area contributed by atoms with Crippen molar-refractivity contribution in [2.45, 2.75) is 20.0 Å². The predicted molar refractivity (Wildman–Crippen MR) is 59.9 cm³/mol. The van der Waals surface area contributed by atoms with E-state index in [0.29, 0.717) is 12.2 Å². The topological polar surface area (TPSA) is 62.7 Å². The summed E-state index contributed by atoms with van der Waals surface area (Å²) in [5.41, 5.74) is 1.57. The van der Waals surface area contributed by atoms with Crippen LogP contribution in [0.3, 0.4) is 0 Å². The van der Waals surface area contributed by atoms with E-state index in [9.17, 15) is 4.79 Å². The Bertz CT molecular complexity index is 458. The minimum atomic E-state index is -0.0681. The fraction of sp³-hybridized carbons (Fsp3) is 0.273. The van der Waals surface area contributed by atoms with E-state index in [1.165, 1.54) is 0 Å². The first kappa shape index (κ1) is 10.5. The van der Waals surface area contributed by atoms with Crippen molar-refractivity contribution >= 4 is 5.91 Å². The molecule has 2 rings (SSSR count). The second-order valence-corrected chi connectivity index (χ2v) is 3.44. The molecule has 0 unspecified atom stereocenters. The summed E-state index contributed by atoms with van der Waals surface area (Å²) in [7, 11) is 0. The number of carbonyl (C=O) groups excluding carboxylic acids is 1. The van der Waals surface area contributed by atoms with Crippen molar-refractivity contribution in [3.63, 3.8) is 0 Å². The number of aromatic amines is 1. The van der Waals surface area contributed by atoms with Gasteiger partial charge in [-0.1, -0.05) is 0 Å². The molecule has 2 aromatic rings. The molecule has 0 aromatic carbocycles. The Labute approximate surface area is 93.5 Å². The van der Waals surface area contributed by atoms with Gasteiger partial charge in [-0.05, 0) is 19.1 Å². The summed E-state index contributed by atoms with van der Waals surface area (Å²) >= 11 is 0. The summed E-state index contributed by atoms with van der Waals surface area (Å²) in [6, 6.07) is 3.68. The molecule has 0 spiro atoms. The standard InChI is InChI=1S/C11H14N4O/c1-2-15-5-3-4-10(15)11(16)13-7-9-6-12-8-14-9/h3-6,8H,2,7H2,1H3,(H,12,14)(H,13,16). The number of rotatable bonds is 4. The number of hydrogen-bond donors (Lipinski definition) is 2. The molecule has 0 atom stereocenters. The zero-order valence-corrected chi connectivity index (χ0v) is 9.10. The van der Waals surface area contributed by atoms with Crippen LogP contribution in [0.4, 0.5) is 0 Å². The Morgan fingerprint density at radius 2 is 2.50 bits per heavy atom.